The molecule has 7 heteroatoms. The molecule has 0 amide bonds. The predicted molar refractivity (Wildman–Crippen MR) is 94.3 cm³/mol. The fourth-order valence-electron chi connectivity index (χ4n) is 3.34. The maximum absolute atomic E-state index is 10.8. The van der Waals surface area contributed by atoms with Crippen LogP contribution in [0.25, 0.3) is 0 Å². The molecule has 1 aromatic carbocycles. The highest BCUT2D eigenvalue weighted by Crippen LogP contribution is 2.45. The van der Waals surface area contributed by atoms with Crippen LogP contribution in [0.15, 0.2) is 12.1 Å². The second kappa shape index (κ2) is 7.14. The van der Waals surface area contributed by atoms with Gasteiger partial charge in [0.25, 0.3) is 0 Å². The van der Waals surface area contributed by atoms with Crippen LogP contribution in [0.1, 0.15) is 43.9 Å². The van der Waals surface area contributed by atoms with Crippen molar-refractivity contribution in [1.29, 1.82) is 5.26 Å². The van der Waals surface area contributed by atoms with E-state index in [9.17, 15) is 10.4 Å². The molecule has 5 nitrogen and oxygen atoms in total. The van der Waals surface area contributed by atoms with Crippen molar-refractivity contribution in [3.05, 3.63) is 23.3 Å². The normalized spacial score (nSPS) is 25.3. The second-order valence-corrected chi connectivity index (χ2v) is 6.43. The van der Waals surface area contributed by atoms with Gasteiger partial charge in [0.1, 0.15) is 23.5 Å². The molecule has 23 heavy (non-hydrogen) atoms. The molecule has 0 radical (unpaired) electrons. The van der Waals surface area contributed by atoms with Crippen molar-refractivity contribution in [2.75, 3.05) is 18.8 Å². The lowest BCUT2D eigenvalue weighted by atomic mass is 9.85. The van der Waals surface area contributed by atoms with Gasteiger partial charge in [0, 0.05) is 11.6 Å². The summed E-state index contributed by atoms with van der Waals surface area (Å²) in [6.07, 6.45) is 1.64. The molecule has 0 aromatic heterocycles. The van der Waals surface area contributed by atoms with E-state index >= 15 is 0 Å². The number of nitrogens with zero attached hydrogens (tertiary/aromatic N) is 2. The first kappa shape index (κ1) is 19.9. The number of ether oxygens (including phenoxy) is 1. The molecule has 2 heterocycles. The zero-order valence-electron chi connectivity index (χ0n) is 13.3. The Morgan fingerprint density at radius 2 is 1.91 bits per heavy atom. The minimum absolute atomic E-state index is 0. The van der Waals surface area contributed by atoms with Gasteiger partial charge in [-0.1, -0.05) is 0 Å². The van der Waals surface area contributed by atoms with Crippen molar-refractivity contribution in [3.8, 4) is 11.8 Å². The number of hydrogen-bond donors (Lipinski definition) is 2. The van der Waals surface area contributed by atoms with E-state index in [2.05, 4.69) is 11.0 Å². The van der Waals surface area contributed by atoms with Crippen molar-refractivity contribution in [2.24, 2.45) is 0 Å². The second-order valence-electron chi connectivity index (χ2n) is 6.43. The maximum atomic E-state index is 10.8. The number of nitrogen functional groups attached to an aromatic ring is 1. The first-order chi connectivity index (χ1) is 9.94. The van der Waals surface area contributed by atoms with Crippen LogP contribution in [0.3, 0.4) is 0 Å². The van der Waals surface area contributed by atoms with Gasteiger partial charge in [-0.05, 0) is 45.8 Å². The van der Waals surface area contributed by atoms with E-state index in [1.807, 2.05) is 13.8 Å². The molecule has 0 spiro atoms. The van der Waals surface area contributed by atoms with Gasteiger partial charge in [0.2, 0.25) is 0 Å². The van der Waals surface area contributed by atoms with E-state index in [1.54, 1.807) is 12.1 Å². The summed E-state index contributed by atoms with van der Waals surface area (Å²) in [7, 11) is 0. The number of anilines is 1. The molecule has 0 saturated carbocycles. The van der Waals surface area contributed by atoms with E-state index in [4.69, 9.17) is 10.5 Å². The van der Waals surface area contributed by atoms with Crippen molar-refractivity contribution >= 4 is 30.5 Å². The van der Waals surface area contributed by atoms with Crippen LogP contribution in [0.4, 0.5) is 5.69 Å². The summed E-state index contributed by atoms with van der Waals surface area (Å²) < 4.78 is 5.94. The Balaban J connectivity index is 0.00000132. The molecule has 0 bridgehead atoms. The number of benzene rings is 1. The zero-order valence-corrected chi connectivity index (χ0v) is 14.9. The maximum Gasteiger partial charge on any atom is 0.131 e. The standard InChI is InChI=1S/C16H21N3O2.2ClH/c1-16(2)15(20)14(19-5-3-4-6-19)11-7-10(9-17)12(18)8-13(11)21-16;;/h7-8,14-15,20H,3-6,18H2,1-2H3;2*1H. The molecule has 2 atom stereocenters. The number of halogens is 2. The number of fused-ring (bicyclic) bond motifs is 1. The summed E-state index contributed by atoms with van der Waals surface area (Å²) in [6.45, 7) is 5.70. The first-order valence-corrected chi connectivity index (χ1v) is 7.38. The average Bonchev–Trinajstić information content (AvgIpc) is 2.93. The molecule has 2 aliphatic rings. The molecule has 1 saturated heterocycles. The molecule has 2 unspecified atom stereocenters. The van der Waals surface area contributed by atoms with E-state index in [0.717, 1.165) is 31.5 Å². The minimum atomic E-state index is -0.680. The van der Waals surface area contributed by atoms with E-state index in [0.29, 0.717) is 17.0 Å². The SMILES string of the molecule is CC1(C)Oc2cc(N)c(C#N)cc2C(N2CCCC2)C1O.Cl.Cl. The zero-order chi connectivity index (χ0) is 15.2. The quantitative estimate of drug-likeness (QED) is 0.753. The Morgan fingerprint density at radius 1 is 1.30 bits per heavy atom. The van der Waals surface area contributed by atoms with Crippen molar-refractivity contribution < 1.29 is 9.84 Å². The molecule has 3 N–H and O–H groups in total. The van der Waals surface area contributed by atoms with Gasteiger partial charge in [-0.25, -0.2) is 0 Å². The number of aliphatic hydroxyl groups excluding tert-OH is 1. The lowest BCUT2D eigenvalue weighted by molar-refractivity contribution is -0.0894. The minimum Gasteiger partial charge on any atom is -0.485 e. The monoisotopic (exact) mass is 359 g/mol. The fraction of sp³-hybridized carbons (Fsp3) is 0.562. The average molecular weight is 360 g/mol. The highest BCUT2D eigenvalue weighted by molar-refractivity contribution is 5.85. The fourth-order valence-corrected chi connectivity index (χ4v) is 3.34. The lowest BCUT2D eigenvalue weighted by Crippen LogP contribution is -2.53. The van der Waals surface area contributed by atoms with Crippen LogP contribution < -0.4 is 10.5 Å². The van der Waals surface area contributed by atoms with Crippen molar-refractivity contribution in [3.63, 3.8) is 0 Å². The first-order valence-electron chi connectivity index (χ1n) is 7.38. The van der Waals surface area contributed by atoms with Crippen LogP contribution in [-0.4, -0.2) is 34.8 Å². The molecule has 3 rings (SSSR count). The summed E-state index contributed by atoms with van der Waals surface area (Å²) >= 11 is 0. The number of nitrogens with two attached hydrogens (primary N) is 1. The van der Waals surface area contributed by atoms with Gasteiger partial charge in [-0.15, -0.1) is 24.8 Å². The summed E-state index contributed by atoms with van der Waals surface area (Å²) in [6, 6.07) is 5.45. The van der Waals surface area contributed by atoms with Gasteiger partial charge >= 0.3 is 0 Å². The van der Waals surface area contributed by atoms with E-state index < -0.39 is 11.7 Å². The van der Waals surface area contributed by atoms with Crippen molar-refractivity contribution in [1.82, 2.24) is 4.90 Å². The van der Waals surface area contributed by atoms with Gasteiger partial charge in [0.15, 0.2) is 0 Å². The highest BCUT2D eigenvalue weighted by atomic mass is 35.5. The Hall–Kier alpha value is -1.19. The van der Waals surface area contributed by atoms with Gasteiger partial charge in [-0.3, -0.25) is 4.90 Å². The molecule has 1 fully saturated rings. The Labute approximate surface area is 149 Å². The van der Waals surface area contributed by atoms with Gasteiger partial charge in [0.05, 0.1) is 17.3 Å². The Bertz CT molecular complexity index is 610. The molecule has 128 valence electrons. The predicted octanol–water partition coefficient (Wildman–Crippen LogP) is 2.65. The Kier molecular flexibility index (Phi) is 6.17. The summed E-state index contributed by atoms with van der Waals surface area (Å²) in [4.78, 5) is 2.28. The topological polar surface area (TPSA) is 82.5 Å². The van der Waals surface area contributed by atoms with Crippen LogP contribution >= 0.6 is 24.8 Å². The third kappa shape index (κ3) is 3.36. The van der Waals surface area contributed by atoms with E-state index in [1.165, 1.54) is 0 Å². The third-order valence-corrected chi connectivity index (χ3v) is 4.54. The molecule has 2 aliphatic heterocycles. The number of aliphatic hydroxyl groups is 1. The largest absolute Gasteiger partial charge is 0.485 e. The van der Waals surface area contributed by atoms with Crippen LogP contribution in [-0.2, 0) is 0 Å². The van der Waals surface area contributed by atoms with Crippen molar-refractivity contribution in [2.45, 2.75) is 44.4 Å². The van der Waals surface area contributed by atoms with E-state index in [-0.39, 0.29) is 30.9 Å². The number of nitriles is 1. The molecular formula is C16H23Cl2N3O2. The number of hydrogen-bond acceptors (Lipinski definition) is 5. The third-order valence-electron chi connectivity index (χ3n) is 4.54. The van der Waals surface area contributed by atoms with Gasteiger partial charge in [-0.2, -0.15) is 5.26 Å². The Morgan fingerprint density at radius 3 is 2.48 bits per heavy atom. The summed E-state index contributed by atoms with van der Waals surface area (Å²) in [5, 5.41) is 19.9. The lowest BCUT2D eigenvalue weighted by Gasteiger charge is -2.45. The molecule has 0 aliphatic carbocycles. The summed E-state index contributed by atoms with van der Waals surface area (Å²) in [5.41, 5.74) is 6.95. The molecular weight excluding hydrogens is 337 g/mol. The summed E-state index contributed by atoms with van der Waals surface area (Å²) in [5.74, 6) is 0.679. The van der Waals surface area contributed by atoms with Crippen LogP contribution in [0.5, 0.6) is 5.75 Å². The highest BCUT2D eigenvalue weighted by Gasteiger charge is 2.46. The number of rotatable bonds is 1. The van der Waals surface area contributed by atoms with Crippen LogP contribution in [0, 0.1) is 11.3 Å². The smallest absolute Gasteiger partial charge is 0.131 e. The van der Waals surface area contributed by atoms with Gasteiger partial charge < -0.3 is 15.6 Å². The number of likely N-dealkylation sites (tertiary alicyclic amines) is 1. The molecule has 1 aromatic rings. The van der Waals surface area contributed by atoms with Crippen LogP contribution in [0.2, 0.25) is 0 Å².